The number of hydrogen-bond acceptors (Lipinski definition) is 15. The minimum atomic E-state index is -3.98. The summed E-state index contributed by atoms with van der Waals surface area (Å²) in [6.07, 6.45) is 4.30. The van der Waals surface area contributed by atoms with Crippen LogP contribution in [0.25, 0.3) is 5.65 Å². The van der Waals surface area contributed by atoms with Crippen molar-refractivity contribution in [3.8, 4) is 0 Å². The summed E-state index contributed by atoms with van der Waals surface area (Å²) in [5, 5.41) is 16.2. The van der Waals surface area contributed by atoms with Gasteiger partial charge in [-0.05, 0) is 69.6 Å². The Morgan fingerprint density at radius 2 is 1.79 bits per heavy atom. The number of benzene rings is 1. The van der Waals surface area contributed by atoms with Crippen LogP contribution in [0, 0.1) is 5.92 Å². The third kappa shape index (κ3) is 9.07. The van der Waals surface area contributed by atoms with Crippen molar-refractivity contribution in [3.05, 3.63) is 65.2 Å². The molecule has 4 aromatic rings. The Morgan fingerprint density at radius 3 is 2.53 bits per heavy atom. The number of imide groups is 2. The summed E-state index contributed by atoms with van der Waals surface area (Å²) in [5.41, 5.74) is 0.284. The standard InChI is InChI=1S/C42H47F2N11O10S/c43-36(44)35-30(47-39(58)28-19-46-53-14-12-32(48-37(28)53)52-20-26-18-25(52)22-65-26)21-54(50-35)24-8-6-23(7-9-24)38(57)51-66(62,63)17-3-16-64-15-2-13-45-29-5-1-4-27-34(29)42(61)55(41(27)60)31-10-11-33(56)49-40(31)59/h1,4-5,12,14,19,21,23-26,31,36,45H,2-3,6-11,13,15-18,20,22H2,(H,47,58)(H,51,57)(H,49,56,59)/t23-,24-,25?,26-,31?/m1/s1. The first-order valence-electron chi connectivity index (χ1n) is 21.9. The molecule has 2 unspecified atom stereocenters. The SMILES string of the molecule is O=C1CCC(N2C(=O)c3cccc(NCCCOCCCS(=O)(=O)NC(=O)[C@H]4CC[C@H](n5cc(NC(=O)c6cnn7ccc(N8C[C@H]9CC8CO9)nc67)c(C(F)F)n5)CC4)c3C2=O)C(=O)N1. The summed E-state index contributed by atoms with van der Waals surface area (Å²) in [6, 6.07) is 5.29. The topological polar surface area (TPSA) is 258 Å². The Labute approximate surface area is 376 Å². The Morgan fingerprint density at radius 1 is 0.985 bits per heavy atom. The molecule has 3 saturated heterocycles. The largest absolute Gasteiger partial charge is 0.384 e. The molecule has 0 spiro atoms. The van der Waals surface area contributed by atoms with E-state index in [-0.39, 0.29) is 97.3 Å². The second-order valence-electron chi connectivity index (χ2n) is 17.0. The Balaban J connectivity index is 0.699. The number of amides is 6. The van der Waals surface area contributed by atoms with Gasteiger partial charge in [-0.3, -0.25) is 48.4 Å². The lowest BCUT2D eigenvalue weighted by Crippen LogP contribution is -2.54. The van der Waals surface area contributed by atoms with Crippen molar-refractivity contribution in [1.29, 1.82) is 0 Å². The number of nitrogens with one attached hydrogen (secondary N) is 4. The molecule has 6 amide bonds. The van der Waals surface area contributed by atoms with Crippen LogP contribution in [0.5, 0.6) is 0 Å². The predicted molar refractivity (Wildman–Crippen MR) is 228 cm³/mol. The number of morpholine rings is 1. The summed E-state index contributed by atoms with van der Waals surface area (Å²) >= 11 is 0. The lowest BCUT2D eigenvalue weighted by Gasteiger charge is -2.27. The number of anilines is 3. The van der Waals surface area contributed by atoms with Gasteiger partial charge in [-0.25, -0.2) is 26.7 Å². The van der Waals surface area contributed by atoms with Crippen LogP contribution in [0.15, 0.2) is 42.9 Å². The average Bonchev–Trinajstić information content (AvgIpc) is 4.14. The maximum atomic E-state index is 14.2. The molecule has 0 radical (unpaired) electrons. The number of nitrogens with zero attached hydrogens (tertiary/aromatic N) is 7. The van der Waals surface area contributed by atoms with Gasteiger partial charge in [-0.1, -0.05) is 6.07 Å². The average molecular weight is 936 g/mol. The van der Waals surface area contributed by atoms with Crippen molar-refractivity contribution in [3.63, 3.8) is 0 Å². The molecule has 4 fully saturated rings. The van der Waals surface area contributed by atoms with Gasteiger partial charge in [0.2, 0.25) is 27.7 Å². The van der Waals surface area contributed by atoms with Gasteiger partial charge < -0.3 is 25.0 Å². The van der Waals surface area contributed by atoms with Gasteiger partial charge in [0.25, 0.3) is 24.1 Å². The highest BCUT2D eigenvalue weighted by atomic mass is 32.2. The maximum Gasteiger partial charge on any atom is 0.284 e. The van der Waals surface area contributed by atoms with Crippen LogP contribution in [0.1, 0.15) is 107 Å². The number of halogens is 2. The van der Waals surface area contributed by atoms with Crippen LogP contribution in [-0.4, -0.2) is 130 Å². The third-order valence-electron chi connectivity index (χ3n) is 12.7. The second kappa shape index (κ2) is 18.5. The number of sulfonamides is 1. The molecule has 5 aliphatic rings. The highest BCUT2D eigenvalue weighted by Crippen LogP contribution is 2.37. The number of hydrogen-bond donors (Lipinski definition) is 4. The first-order chi connectivity index (χ1) is 31.7. The number of carbonyl (C=O) groups is 6. The minimum Gasteiger partial charge on any atom is -0.384 e. The van der Waals surface area contributed by atoms with E-state index in [0.29, 0.717) is 50.5 Å². The van der Waals surface area contributed by atoms with E-state index in [1.165, 1.54) is 27.7 Å². The van der Waals surface area contributed by atoms with Gasteiger partial charge in [0, 0.05) is 56.7 Å². The van der Waals surface area contributed by atoms with Gasteiger partial charge in [0.1, 0.15) is 17.4 Å². The number of aromatic nitrogens is 5. The summed E-state index contributed by atoms with van der Waals surface area (Å²) in [5.74, 6) is -4.04. The second-order valence-corrected chi connectivity index (χ2v) is 18.8. The first kappa shape index (κ1) is 44.8. The van der Waals surface area contributed by atoms with Gasteiger partial charge in [-0.2, -0.15) is 10.2 Å². The van der Waals surface area contributed by atoms with Gasteiger partial charge in [0.05, 0.1) is 53.6 Å². The summed E-state index contributed by atoms with van der Waals surface area (Å²) in [7, 11) is -3.98. The number of piperidine rings is 1. The maximum absolute atomic E-state index is 14.2. The number of ether oxygens (including phenoxy) is 2. The Bertz CT molecular complexity index is 2700. The van der Waals surface area contributed by atoms with Gasteiger partial charge in [-0.15, -0.1) is 0 Å². The fraction of sp³-hybridized carbons (Fsp3) is 0.500. The molecule has 21 nitrogen and oxygen atoms in total. The van der Waals surface area contributed by atoms with Crippen molar-refractivity contribution in [1.82, 2.24) is 39.3 Å². The van der Waals surface area contributed by atoms with Crippen molar-refractivity contribution in [2.45, 2.75) is 88.4 Å². The van der Waals surface area contributed by atoms with Crippen LogP contribution in [0.2, 0.25) is 0 Å². The Kier molecular flexibility index (Phi) is 12.5. The molecule has 7 heterocycles. The molecule has 1 aromatic carbocycles. The van der Waals surface area contributed by atoms with E-state index < -0.39 is 69.5 Å². The molecule has 1 aliphatic carbocycles. The third-order valence-corrected chi connectivity index (χ3v) is 14.0. The van der Waals surface area contributed by atoms with Crippen molar-refractivity contribution < 1.29 is 55.4 Å². The predicted octanol–water partition coefficient (Wildman–Crippen LogP) is 2.58. The molecule has 66 heavy (non-hydrogen) atoms. The van der Waals surface area contributed by atoms with E-state index in [9.17, 15) is 46.0 Å². The molecule has 3 aromatic heterocycles. The molecule has 1 saturated carbocycles. The summed E-state index contributed by atoms with van der Waals surface area (Å²) < 4.78 is 70.3. The molecule has 350 valence electrons. The quantitative estimate of drug-likeness (QED) is 0.0877. The Hall–Kier alpha value is -6.40. The zero-order valence-electron chi connectivity index (χ0n) is 35.5. The van der Waals surface area contributed by atoms with Crippen LogP contribution in [-0.2, 0) is 33.9 Å². The van der Waals surface area contributed by atoms with Crippen molar-refractivity contribution >= 4 is 68.3 Å². The highest BCUT2D eigenvalue weighted by Gasteiger charge is 2.46. The molecule has 4 N–H and O–H groups in total. The first-order valence-corrected chi connectivity index (χ1v) is 23.5. The summed E-state index contributed by atoms with van der Waals surface area (Å²) in [6.45, 7) is 1.96. The summed E-state index contributed by atoms with van der Waals surface area (Å²) in [4.78, 5) is 84.5. The number of carbonyl (C=O) groups excluding carboxylic acids is 6. The van der Waals surface area contributed by atoms with E-state index in [1.807, 2.05) is 0 Å². The van der Waals surface area contributed by atoms with E-state index in [2.05, 4.69) is 40.8 Å². The monoisotopic (exact) mass is 935 g/mol. The van der Waals surface area contributed by atoms with E-state index in [0.717, 1.165) is 11.3 Å². The van der Waals surface area contributed by atoms with Crippen LogP contribution < -0.4 is 25.6 Å². The lowest BCUT2D eigenvalue weighted by molar-refractivity contribution is -0.136. The fourth-order valence-electron chi connectivity index (χ4n) is 9.30. The van der Waals surface area contributed by atoms with E-state index in [4.69, 9.17) is 9.47 Å². The fourth-order valence-corrected chi connectivity index (χ4v) is 10.4. The zero-order valence-corrected chi connectivity index (χ0v) is 36.3. The molecule has 3 atom stereocenters. The van der Waals surface area contributed by atoms with Gasteiger partial charge in [0.15, 0.2) is 11.3 Å². The molecular weight excluding hydrogens is 889 g/mol. The number of rotatable bonds is 17. The van der Waals surface area contributed by atoms with Crippen molar-refractivity contribution in [2.24, 2.45) is 5.92 Å². The van der Waals surface area contributed by atoms with E-state index >= 15 is 0 Å². The molecule has 9 rings (SSSR count). The molecular formula is C42H47F2N11O10S. The van der Waals surface area contributed by atoms with Crippen molar-refractivity contribution in [2.75, 3.05) is 54.2 Å². The highest BCUT2D eigenvalue weighted by molar-refractivity contribution is 7.90. The van der Waals surface area contributed by atoms with Crippen LogP contribution in [0.3, 0.4) is 0 Å². The molecule has 4 aliphatic heterocycles. The number of fused-ring (bicyclic) bond motifs is 4. The zero-order chi connectivity index (χ0) is 46.3. The molecule has 2 bridgehead atoms. The van der Waals surface area contributed by atoms with Crippen LogP contribution >= 0.6 is 0 Å². The van der Waals surface area contributed by atoms with E-state index in [1.54, 1.807) is 24.4 Å². The number of alkyl halides is 2. The lowest BCUT2D eigenvalue weighted by atomic mass is 9.86. The minimum absolute atomic E-state index is 0.0127. The smallest absolute Gasteiger partial charge is 0.284 e. The van der Waals surface area contributed by atoms with Crippen LogP contribution in [0.4, 0.5) is 26.0 Å². The van der Waals surface area contributed by atoms with Gasteiger partial charge >= 0.3 is 0 Å². The normalized spacial score (nSPS) is 22.9. The molecule has 24 heteroatoms.